The van der Waals surface area contributed by atoms with Crippen molar-refractivity contribution in [3.8, 4) is 5.95 Å². The summed E-state index contributed by atoms with van der Waals surface area (Å²) in [4.78, 5) is 28.7. The van der Waals surface area contributed by atoms with Crippen LogP contribution >= 0.6 is 0 Å². The quantitative estimate of drug-likeness (QED) is 0.268. The summed E-state index contributed by atoms with van der Waals surface area (Å²) in [5.74, 6) is 1.50. The molecule has 4 rings (SSSR count). The zero-order chi connectivity index (χ0) is 35.1. The highest BCUT2D eigenvalue weighted by Crippen LogP contribution is 2.60. The molecule has 2 aliphatic rings. The van der Waals surface area contributed by atoms with Gasteiger partial charge in [-0.3, -0.25) is 0 Å². The second kappa shape index (κ2) is 13.5. The molecule has 0 unspecified atom stereocenters. The van der Waals surface area contributed by atoms with Crippen molar-refractivity contribution in [2.24, 2.45) is 10.8 Å². The second-order valence-electron chi connectivity index (χ2n) is 16.5. The Bertz CT molecular complexity index is 1390. The van der Waals surface area contributed by atoms with E-state index in [9.17, 15) is 9.59 Å². The predicted octanol–water partition coefficient (Wildman–Crippen LogP) is 9.58. The Kier molecular flexibility index (Phi) is 10.6. The van der Waals surface area contributed by atoms with Crippen LogP contribution in [0.4, 0.5) is 9.59 Å². The Balaban J connectivity index is 1.75. The first-order chi connectivity index (χ1) is 21.8. The van der Waals surface area contributed by atoms with E-state index in [0.29, 0.717) is 35.4 Å². The van der Waals surface area contributed by atoms with Crippen LogP contribution in [0.15, 0.2) is 34.7 Å². The number of fused-ring (bicyclic) bond motifs is 2. The number of amides is 2. The number of rotatable bonds is 9. The lowest BCUT2D eigenvalue weighted by atomic mass is 9.61. The molecule has 1 saturated carbocycles. The van der Waals surface area contributed by atoms with E-state index < -0.39 is 25.4 Å². The first-order valence-corrected chi connectivity index (χ1v) is 19.6. The minimum atomic E-state index is -2.29. The maximum atomic E-state index is 13.7. The van der Waals surface area contributed by atoms with Crippen LogP contribution in [-0.2, 0) is 28.9 Å². The number of ether oxygens (including phenoxy) is 2. The maximum Gasteiger partial charge on any atom is 0.410 e. The lowest BCUT2D eigenvalue weighted by Crippen LogP contribution is -2.58. The molecular formula is C38H60N2O6Si. The summed E-state index contributed by atoms with van der Waals surface area (Å²) in [6.07, 6.45) is 2.01. The number of nitrogens with one attached hydrogen (secondary N) is 1. The van der Waals surface area contributed by atoms with Gasteiger partial charge in [0.05, 0.1) is 0 Å². The van der Waals surface area contributed by atoms with Gasteiger partial charge in [0.1, 0.15) is 18.0 Å². The molecule has 262 valence electrons. The van der Waals surface area contributed by atoms with Gasteiger partial charge in [0.25, 0.3) is 14.3 Å². The molecule has 1 aromatic heterocycles. The van der Waals surface area contributed by atoms with Crippen LogP contribution in [0.25, 0.3) is 0 Å². The van der Waals surface area contributed by atoms with Crippen LogP contribution in [0, 0.1) is 17.8 Å². The van der Waals surface area contributed by atoms with Crippen molar-refractivity contribution < 1.29 is 27.9 Å². The van der Waals surface area contributed by atoms with Crippen molar-refractivity contribution in [3.63, 3.8) is 0 Å². The maximum absolute atomic E-state index is 13.7. The van der Waals surface area contributed by atoms with Crippen molar-refractivity contribution in [2.75, 3.05) is 7.05 Å². The topological polar surface area (TPSA) is 90.2 Å². The van der Waals surface area contributed by atoms with Crippen LogP contribution in [0.1, 0.15) is 111 Å². The van der Waals surface area contributed by atoms with E-state index in [1.807, 2.05) is 58.2 Å². The van der Waals surface area contributed by atoms with E-state index in [4.69, 9.17) is 18.3 Å². The van der Waals surface area contributed by atoms with E-state index in [2.05, 4.69) is 67.6 Å². The average molecular weight is 669 g/mol. The summed E-state index contributed by atoms with van der Waals surface area (Å²) in [6.45, 7) is 26.1. The number of carbonyl (C=O) groups is 2. The predicted molar refractivity (Wildman–Crippen MR) is 189 cm³/mol. The van der Waals surface area contributed by atoms with Crippen LogP contribution in [-0.4, -0.2) is 50.1 Å². The van der Waals surface area contributed by atoms with E-state index in [0.717, 1.165) is 35.3 Å². The molecule has 1 heterocycles. The molecule has 0 saturated heterocycles. The van der Waals surface area contributed by atoms with Crippen LogP contribution in [0.2, 0.25) is 16.6 Å². The minimum absolute atomic E-state index is 0.193. The number of carbonyl (C=O) groups excluding carboxylic acids is 2. The van der Waals surface area contributed by atoms with Gasteiger partial charge in [-0.05, 0) is 74.6 Å². The second-order valence-corrected chi connectivity index (χ2v) is 21.8. The van der Waals surface area contributed by atoms with Gasteiger partial charge < -0.3 is 28.5 Å². The van der Waals surface area contributed by atoms with Gasteiger partial charge in [-0.1, -0.05) is 85.7 Å². The largest absolute Gasteiger partial charge is 0.518 e. The highest BCUT2D eigenvalue weighted by atomic mass is 28.4. The van der Waals surface area contributed by atoms with Gasteiger partial charge in [0.2, 0.25) is 0 Å². The molecule has 0 aliphatic heterocycles. The molecule has 9 heteroatoms. The molecule has 4 atom stereocenters. The summed E-state index contributed by atoms with van der Waals surface area (Å²) in [7, 11) is -0.442. The first kappa shape index (κ1) is 36.9. The summed E-state index contributed by atoms with van der Waals surface area (Å²) in [5, 5.41) is 3.24. The fourth-order valence-electron chi connectivity index (χ4n) is 8.84. The highest BCUT2D eigenvalue weighted by molar-refractivity contribution is 6.78. The van der Waals surface area contributed by atoms with E-state index in [1.165, 1.54) is 0 Å². The average Bonchev–Trinajstić information content (AvgIpc) is 3.35. The molecule has 47 heavy (non-hydrogen) atoms. The molecule has 1 N–H and O–H groups in total. The molecule has 0 spiro atoms. The highest BCUT2D eigenvalue weighted by Gasteiger charge is 2.62. The molecule has 2 amide bonds. The smallest absolute Gasteiger partial charge is 0.410 e. The zero-order valence-corrected chi connectivity index (χ0v) is 32.2. The number of nitrogens with zero attached hydrogens (tertiary/aromatic N) is 1. The lowest BCUT2D eigenvalue weighted by Gasteiger charge is -2.50. The normalized spacial score (nSPS) is 24.5. The summed E-state index contributed by atoms with van der Waals surface area (Å²) >= 11 is 0. The van der Waals surface area contributed by atoms with Gasteiger partial charge in [-0.2, -0.15) is 0 Å². The lowest BCUT2D eigenvalue weighted by molar-refractivity contribution is -0.0254. The van der Waals surface area contributed by atoms with Gasteiger partial charge in [-0.25, -0.2) is 9.59 Å². The van der Waals surface area contributed by atoms with Crippen molar-refractivity contribution in [1.82, 2.24) is 10.2 Å². The van der Waals surface area contributed by atoms with Crippen LogP contribution in [0.5, 0.6) is 5.95 Å². The third kappa shape index (κ3) is 6.97. The SMILES string of the molecule is Cc1c(O[Si](C(C)C)(C(C)C)C(C)C)oc2c1C[C@H](N(C)C(=O)OC(C)(C)C)[C@@]1(C)CC[C@@H](NC(=O)OCc3ccccc3)[C@@]1(C)C2. The van der Waals surface area contributed by atoms with Crippen molar-refractivity contribution in [2.45, 2.75) is 150 Å². The van der Waals surface area contributed by atoms with Crippen LogP contribution < -0.4 is 9.74 Å². The Labute approximate surface area is 284 Å². The zero-order valence-electron chi connectivity index (χ0n) is 31.2. The standard InChI is InChI=1S/C38H60N2O6Si/c1-24(2)47(25(3)4,26(5)6)46-33-27(7)29-21-32(40(13)35(42)45-36(8,9)10)37(11)20-19-31(38(37,12)22-30(29)44-33)39-34(41)43-23-28-17-15-14-16-18-28/h14-18,24-26,31-32H,19-23H2,1-13H3,(H,39,41)/t31-,32+,37-,38-/m1/s1. The molecule has 2 aromatic rings. The third-order valence-corrected chi connectivity index (χ3v) is 17.6. The summed E-state index contributed by atoms with van der Waals surface area (Å²) in [5.41, 5.74) is 2.77. The fourth-order valence-corrected chi connectivity index (χ4v) is 14.1. The minimum Gasteiger partial charge on any atom is -0.518 e. The third-order valence-electron chi connectivity index (χ3n) is 11.6. The number of alkyl carbamates (subject to hydrolysis) is 1. The molecule has 2 aliphatic carbocycles. The Morgan fingerprint density at radius 3 is 2.17 bits per heavy atom. The van der Waals surface area contributed by atoms with Crippen molar-refractivity contribution in [1.29, 1.82) is 0 Å². The van der Waals surface area contributed by atoms with Gasteiger partial charge in [-0.15, -0.1) is 0 Å². The van der Waals surface area contributed by atoms with Gasteiger partial charge in [0, 0.05) is 42.1 Å². The molecule has 1 aromatic carbocycles. The fraction of sp³-hybridized carbons (Fsp3) is 0.684. The van der Waals surface area contributed by atoms with E-state index in [-0.39, 0.29) is 30.2 Å². The number of benzene rings is 1. The van der Waals surface area contributed by atoms with Crippen molar-refractivity contribution >= 4 is 20.5 Å². The summed E-state index contributed by atoms with van der Waals surface area (Å²) < 4.78 is 25.5. The Morgan fingerprint density at radius 2 is 1.62 bits per heavy atom. The van der Waals surface area contributed by atoms with Crippen LogP contribution in [0.3, 0.4) is 0 Å². The Hall–Kier alpha value is -2.94. The number of likely N-dealkylation sites (N-methyl/N-ethyl adjacent to an activating group) is 1. The number of hydrogen-bond acceptors (Lipinski definition) is 6. The number of hydrogen-bond donors (Lipinski definition) is 1. The van der Waals surface area contributed by atoms with E-state index in [1.54, 1.807) is 4.90 Å². The van der Waals surface area contributed by atoms with Crippen molar-refractivity contribution in [3.05, 3.63) is 52.8 Å². The van der Waals surface area contributed by atoms with Gasteiger partial charge in [0.15, 0.2) is 0 Å². The Morgan fingerprint density at radius 1 is 1.02 bits per heavy atom. The molecule has 0 radical (unpaired) electrons. The molecule has 8 nitrogen and oxygen atoms in total. The molecule has 0 bridgehead atoms. The van der Waals surface area contributed by atoms with E-state index >= 15 is 0 Å². The van der Waals surface area contributed by atoms with Gasteiger partial charge >= 0.3 is 12.2 Å². The summed E-state index contributed by atoms with van der Waals surface area (Å²) in [6, 6.07) is 9.30. The molecule has 1 fully saturated rings. The number of furan rings is 1. The first-order valence-electron chi connectivity index (χ1n) is 17.5. The molecular weight excluding hydrogens is 609 g/mol. The monoisotopic (exact) mass is 668 g/mol.